The Morgan fingerprint density at radius 2 is 2.29 bits per heavy atom. The van der Waals surface area contributed by atoms with Crippen LogP contribution in [-0.2, 0) is 4.74 Å². The van der Waals surface area contributed by atoms with E-state index in [9.17, 15) is 0 Å². The average Bonchev–Trinajstić information content (AvgIpc) is 2.39. The largest absolute Gasteiger partial charge is 0.495 e. The highest BCUT2D eigenvalue weighted by Gasteiger charge is 2.13. The van der Waals surface area contributed by atoms with Gasteiger partial charge in [0.05, 0.1) is 11.6 Å². The Morgan fingerprint density at radius 3 is 3.00 bits per heavy atom. The molecule has 0 bridgehead atoms. The van der Waals surface area contributed by atoms with Crippen molar-refractivity contribution in [3.63, 3.8) is 0 Å². The van der Waals surface area contributed by atoms with Crippen molar-refractivity contribution in [2.45, 2.75) is 12.8 Å². The van der Waals surface area contributed by atoms with E-state index < -0.39 is 0 Å². The van der Waals surface area contributed by atoms with Crippen molar-refractivity contribution < 1.29 is 9.47 Å². The van der Waals surface area contributed by atoms with Crippen LogP contribution in [0, 0.1) is 5.92 Å². The lowest BCUT2D eigenvalue weighted by atomic mass is 10.0. The summed E-state index contributed by atoms with van der Waals surface area (Å²) in [7, 11) is 1.66. The van der Waals surface area contributed by atoms with E-state index in [1.807, 2.05) is 6.07 Å². The van der Waals surface area contributed by atoms with Gasteiger partial charge in [0.15, 0.2) is 0 Å². The third kappa shape index (κ3) is 3.57. The van der Waals surface area contributed by atoms with Crippen molar-refractivity contribution in [3.8, 4) is 5.75 Å². The monoisotopic (exact) mass is 300 g/mol. The Morgan fingerprint density at radius 1 is 1.53 bits per heavy atom. The minimum Gasteiger partial charge on any atom is -0.495 e. The number of pyridine rings is 1. The second-order valence-electron chi connectivity index (χ2n) is 4.14. The number of rotatable bonds is 4. The molecule has 17 heavy (non-hydrogen) atoms. The molecule has 0 radical (unpaired) electrons. The van der Waals surface area contributed by atoms with Crippen molar-refractivity contribution in [2.75, 3.05) is 32.2 Å². The van der Waals surface area contributed by atoms with Gasteiger partial charge >= 0.3 is 0 Å². The number of nitrogens with zero attached hydrogens (tertiary/aromatic N) is 1. The number of methoxy groups -OCH3 is 1. The van der Waals surface area contributed by atoms with Crippen LogP contribution in [0.1, 0.15) is 12.8 Å². The Balaban J connectivity index is 1.89. The predicted octanol–water partition coefficient (Wildman–Crippen LogP) is 2.69. The van der Waals surface area contributed by atoms with Crippen LogP contribution in [-0.4, -0.2) is 31.9 Å². The Labute approximate surface area is 110 Å². The van der Waals surface area contributed by atoms with E-state index in [0.717, 1.165) is 48.6 Å². The van der Waals surface area contributed by atoms with E-state index in [0.29, 0.717) is 5.92 Å². The lowest BCUT2D eigenvalue weighted by Gasteiger charge is -2.22. The third-order valence-corrected chi connectivity index (χ3v) is 3.55. The van der Waals surface area contributed by atoms with Crippen LogP contribution in [0.15, 0.2) is 16.7 Å². The lowest BCUT2D eigenvalue weighted by molar-refractivity contribution is 0.0699. The molecule has 0 aromatic carbocycles. The van der Waals surface area contributed by atoms with Crippen molar-refractivity contribution in [3.05, 3.63) is 16.7 Å². The first-order valence-corrected chi connectivity index (χ1v) is 6.60. The minimum atomic E-state index is 0.681. The quantitative estimate of drug-likeness (QED) is 0.928. The van der Waals surface area contributed by atoms with Gasteiger partial charge in [0.2, 0.25) is 0 Å². The maximum Gasteiger partial charge on any atom is 0.138 e. The van der Waals surface area contributed by atoms with E-state index in [-0.39, 0.29) is 0 Å². The van der Waals surface area contributed by atoms with Gasteiger partial charge in [-0.25, -0.2) is 4.98 Å². The molecule has 2 heterocycles. The van der Waals surface area contributed by atoms with Crippen molar-refractivity contribution >= 4 is 21.7 Å². The van der Waals surface area contributed by atoms with Crippen LogP contribution in [0.3, 0.4) is 0 Å². The molecule has 0 spiro atoms. The molecule has 1 fully saturated rings. The molecule has 1 saturated heterocycles. The molecule has 94 valence electrons. The average molecular weight is 301 g/mol. The van der Waals surface area contributed by atoms with Crippen molar-refractivity contribution in [1.82, 2.24) is 4.98 Å². The summed E-state index contributed by atoms with van der Waals surface area (Å²) in [5.41, 5.74) is 0. The Hall–Kier alpha value is -0.810. The first-order chi connectivity index (χ1) is 8.29. The number of aromatic nitrogens is 1. The van der Waals surface area contributed by atoms with Gasteiger partial charge in [-0.05, 0) is 34.7 Å². The molecule has 0 saturated carbocycles. The molecule has 1 N–H and O–H groups in total. The molecule has 0 amide bonds. The zero-order valence-electron chi connectivity index (χ0n) is 9.91. The summed E-state index contributed by atoms with van der Waals surface area (Å²) in [6, 6.07) is 1.91. The summed E-state index contributed by atoms with van der Waals surface area (Å²) in [4.78, 5) is 4.30. The van der Waals surface area contributed by atoms with Gasteiger partial charge in [-0.1, -0.05) is 0 Å². The van der Waals surface area contributed by atoms with Gasteiger partial charge in [0, 0.05) is 32.0 Å². The Bertz CT molecular complexity index is 368. The van der Waals surface area contributed by atoms with Crippen LogP contribution in [0.2, 0.25) is 0 Å². The van der Waals surface area contributed by atoms with Crippen LogP contribution >= 0.6 is 15.9 Å². The molecular formula is C12H17BrN2O2. The highest BCUT2D eigenvalue weighted by atomic mass is 79.9. The van der Waals surface area contributed by atoms with Gasteiger partial charge < -0.3 is 14.8 Å². The summed E-state index contributed by atoms with van der Waals surface area (Å²) in [5.74, 6) is 2.34. The first-order valence-electron chi connectivity index (χ1n) is 5.80. The fraction of sp³-hybridized carbons (Fsp3) is 0.583. The van der Waals surface area contributed by atoms with Crippen LogP contribution in [0.4, 0.5) is 5.82 Å². The molecule has 2 rings (SSSR count). The smallest absolute Gasteiger partial charge is 0.138 e. The predicted molar refractivity (Wildman–Crippen MR) is 70.5 cm³/mol. The van der Waals surface area contributed by atoms with Gasteiger partial charge in [0.1, 0.15) is 11.6 Å². The zero-order chi connectivity index (χ0) is 12.1. The number of halogens is 1. The van der Waals surface area contributed by atoms with Crippen molar-refractivity contribution in [1.29, 1.82) is 0 Å². The van der Waals surface area contributed by atoms with Crippen LogP contribution in [0.25, 0.3) is 0 Å². The van der Waals surface area contributed by atoms with E-state index in [1.165, 1.54) is 0 Å². The fourth-order valence-corrected chi connectivity index (χ4v) is 2.25. The first kappa shape index (κ1) is 12.6. The maximum atomic E-state index is 5.33. The molecule has 0 atom stereocenters. The molecule has 1 aliphatic heterocycles. The van der Waals surface area contributed by atoms with E-state index in [1.54, 1.807) is 13.3 Å². The molecule has 0 unspecified atom stereocenters. The highest BCUT2D eigenvalue weighted by molar-refractivity contribution is 9.10. The molecule has 4 nitrogen and oxygen atoms in total. The number of hydrogen-bond acceptors (Lipinski definition) is 4. The highest BCUT2D eigenvalue weighted by Crippen LogP contribution is 2.26. The summed E-state index contributed by atoms with van der Waals surface area (Å²) >= 11 is 3.39. The number of anilines is 1. The van der Waals surface area contributed by atoms with E-state index in [2.05, 4.69) is 26.2 Å². The Kier molecular flexibility index (Phi) is 4.62. The van der Waals surface area contributed by atoms with E-state index >= 15 is 0 Å². The molecule has 0 aliphatic carbocycles. The number of nitrogens with one attached hydrogen (secondary N) is 1. The molecule has 1 aromatic heterocycles. The second kappa shape index (κ2) is 6.21. The lowest BCUT2D eigenvalue weighted by Crippen LogP contribution is -2.22. The van der Waals surface area contributed by atoms with Crippen LogP contribution < -0.4 is 10.1 Å². The molecule has 5 heteroatoms. The molecule has 1 aliphatic rings. The minimum absolute atomic E-state index is 0.681. The van der Waals surface area contributed by atoms with Gasteiger partial charge in [0.25, 0.3) is 0 Å². The van der Waals surface area contributed by atoms with Gasteiger partial charge in [-0.2, -0.15) is 0 Å². The fourth-order valence-electron chi connectivity index (χ4n) is 1.87. The van der Waals surface area contributed by atoms with Gasteiger partial charge in [-0.3, -0.25) is 0 Å². The second-order valence-corrected chi connectivity index (χ2v) is 5.00. The third-order valence-electron chi connectivity index (χ3n) is 2.95. The molecule has 1 aromatic rings. The molecular weight excluding hydrogens is 284 g/mol. The number of ether oxygens (including phenoxy) is 2. The maximum absolute atomic E-state index is 5.33. The SMILES string of the molecule is COc1cc(NCC2CCOCC2)ncc1Br. The number of hydrogen-bond donors (Lipinski definition) is 1. The van der Waals surface area contributed by atoms with E-state index in [4.69, 9.17) is 9.47 Å². The zero-order valence-corrected chi connectivity index (χ0v) is 11.5. The topological polar surface area (TPSA) is 43.4 Å². The van der Waals surface area contributed by atoms with Crippen molar-refractivity contribution in [2.24, 2.45) is 5.92 Å². The summed E-state index contributed by atoms with van der Waals surface area (Å²) in [6.07, 6.45) is 4.01. The standard InChI is InChI=1S/C12H17BrN2O2/c1-16-11-6-12(15-8-10(11)13)14-7-9-2-4-17-5-3-9/h6,8-9H,2-5,7H2,1H3,(H,14,15). The summed E-state index contributed by atoms with van der Waals surface area (Å²) < 4.78 is 11.4. The summed E-state index contributed by atoms with van der Waals surface area (Å²) in [5, 5.41) is 3.35. The van der Waals surface area contributed by atoms with Gasteiger partial charge in [-0.15, -0.1) is 0 Å². The van der Waals surface area contributed by atoms with Crippen LogP contribution in [0.5, 0.6) is 5.75 Å². The normalized spacial score (nSPS) is 16.8. The summed E-state index contributed by atoms with van der Waals surface area (Å²) in [6.45, 7) is 2.70.